The Hall–Kier alpha value is -3.99. The van der Waals surface area contributed by atoms with Crippen LogP contribution in [-0.4, -0.2) is 41.3 Å². The molecule has 1 aromatic carbocycles. The molecule has 4 aliphatic rings. The molecule has 1 aliphatic heterocycles. The average molecular weight is 502 g/mol. The summed E-state index contributed by atoms with van der Waals surface area (Å²) >= 11 is 0. The molecule has 2 heterocycles. The second-order valence-corrected chi connectivity index (χ2v) is 9.78. The third-order valence-corrected chi connectivity index (χ3v) is 6.91. The molecule has 0 amide bonds. The first-order valence-corrected chi connectivity index (χ1v) is 12.2. The van der Waals surface area contributed by atoms with E-state index in [0.29, 0.717) is 38.2 Å². The van der Waals surface area contributed by atoms with E-state index in [-0.39, 0.29) is 40.6 Å². The lowest BCUT2D eigenvalue weighted by Gasteiger charge is -2.66. The van der Waals surface area contributed by atoms with Gasteiger partial charge in [-0.05, 0) is 74.9 Å². The monoisotopic (exact) mass is 501 g/mol. The summed E-state index contributed by atoms with van der Waals surface area (Å²) in [5.41, 5.74) is 2.24. The zero-order valence-corrected chi connectivity index (χ0v) is 21.0. The van der Waals surface area contributed by atoms with Gasteiger partial charge in [-0.3, -0.25) is 0 Å². The van der Waals surface area contributed by atoms with Crippen molar-refractivity contribution in [1.82, 2.24) is 9.97 Å². The molecule has 4 fully saturated rings. The minimum Gasteiger partial charge on any atom is -0.461 e. The molecule has 3 saturated carbocycles. The molecule has 10 nitrogen and oxygen atoms in total. The lowest BCUT2D eigenvalue weighted by molar-refractivity contribution is -0.0666. The van der Waals surface area contributed by atoms with Gasteiger partial charge in [0.1, 0.15) is 11.3 Å². The number of hydrogen-bond acceptors (Lipinski definition) is 10. The van der Waals surface area contributed by atoms with Gasteiger partial charge >= 0.3 is 5.97 Å². The number of aromatic nitrogens is 2. The molecular weight excluding hydrogens is 474 g/mol. The SMILES string of the molecule is CCOC(=O)c1nc(NC23CC(C#N)(C2)C3)nc(Oc2c(C)cc(/C=C/C#N)cc2C)c1C1OCCO1. The van der Waals surface area contributed by atoms with Gasteiger partial charge in [0.25, 0.3) is 0 Å². The Balaban J connectivity index is 1.57. The first-order valence-electron chi connectivity index (χ1n) is 12.2. The normalized spacial score (nSPS) is 24.0. The number of allylic oxidation sites excluding steroid dienone is 1. The molecule has 190 valence electrons. The molecular formula is C27H27N5O5. The van der Waals surface area contributed by atoms with Gasteiger partial charge in [-0.2, -0.15) is 15.5 Å². The second-order valence-electron chi connectivity index (χ2n) is 9.78. The number of nitriles is 2. The number of carbonyl (C=O) groups is 1. The lowest BCUT2D eigenvalue weighted by Crippen LogP contribution is -2.70. The van der Waals surface area contributed by atoms with Gasteiger partial charge in [0.2, 0.25) is 11.8 Å². The van der Waals surface area contributed by atoms with Crippen molar-refractivity contribution in [3.05, 3.63) is 46.2 Å². The Morgan fingerprint density at radius 1 is 1.19 bits per heavy atom. The van der Waals surface area contributed by atoms with Crippen LogP contribution in [-0.2, 0) is 14.2 Å². The van der Waals surface area contributed by atoms with Crippen LogP contribution in [0.1, 0.15) is 65.2 Å². The quantitative estimate of drug-likeness (QED) is 0.406. The number of hydrogen-bond donors (Lipinski definition) is 1. The summed E-state index contributed by atoms with van der Waals surface area (Å²) in [5.74, 6) is 0.265. The van der Waals surface area contributed by atoms with E-state index in [9.17, 15) is 10.1 Å². The van der Waals surface area contributed by atoms with Crippen LogP contribution in [0.25, 0.3) is 6.08 Å². The summed E-state index contributed by atoms with van der Waals surface area (Å²) in [7, 11) is 0. The molecule has 6 rings (SSSR count). The summed E-state index contributed by atoms with van der Waals surface area (Å²) in [5, 5.41) is 21.6. The van der Waals surface area contributed by atoms with Gasteiger partial charge < -0.3 is 24.3 Å². The van der Waals surface area contributed by atoms with E-state index in [1.165, 1.54) is 6.08 Å². The van der Waals surface area contributed by atoms with Gasteiger partial charge in [0.05, 0.1) is 37.4 Å². The van der Waals surface area contributed by atoms with E-state index in [0.717, 1.165) is 16.7 Å². The van der Waals surface area contributed by atoms with Gasteiger partial charge in [0, 0.05) is 11.6 Å². The van der Waals surface area contributed by atoms with Crippen LogP contribution in [0.4, 0.5) is 5.95 Å². The largest absolute Gasteiger partial charge is 0.461 e. The van der Waals surface area contributed by atoms with Gasteiger partial charge in [-0.25, -0.2) is 9.78 Å². The number of benzene rings is 1. The third kappa shape index (κ3) is 4.50. The lowest BCUT2D eigenvalue weighted by atomic mass is 9.40. The number of nitrogens with zero attached hydrogens (tertiary/aromatic N) is 4. The number of esters is 1. The molecule has 0 unspecified atom stereocenters. The highest BCUT2D eigenvalue weighted by Gasteiger charge is 2.69. The predicted molar refractivity (Wildman–Crippen MR) is 132 cm³/mol. The fourth-order valence-electron chi connectivity index (χ4n) is 5.42. The van der Waals surface area contributed by atoms with E-state index in [4.69, 9.17) is 24.2 Å². The number of rotatable bonds is 8. The van der Waals surface area contributed by atoms with Crippen LogP contribution in [0.3, 0.4) is 0 Å². The minimum atomic E-state index is -0.890. The van der Waals surface area contributed by atoms with E-state index in [2.05, 4.69) is 21.4 Å². The maximum Gasteiger partial charge on any atom is 0.357 e. The predicted octanol–water partition coefficient (Wildman–Crippen LogP) is 4.50. The molecule has 1 aromatic heterocycles. The van der Waals surface area contributed by atoms with Crippen molar-refractivity contribution in [1.29, 1.82) is 10.5 Å². The maximum atomic E-state index is 13.0. The molecule has 0 atom stereocenters. The summed E-state index contributed by atoms with van der Waals surface area (Å²) in [6, 6.07) is 8.17. The summed E-state index contributed by atoms with van der Waals surface area (Å²) < 4.78 is 23.1. The standard InChI is InChI=1S/C27H27N5O5/c1-4-34-23(33)20-19(24-35-8-9-36-24)22(31-25(30-20)32-27-12-26(13-27,14-27)15-29)37-21-16(2)10-18(6-5-7-28)11-17(21)3/h5-6,10-11,24H,4,8-9,12-14H2,1-3H3,(H,30,31,32)/b6-5+. The molecule has 0 radical (unpaired) electrons. The van der Waals surface area contributed by atoms with Crippen molar-refractivity contribution in [2.45, 2.75) is 51.9 Å². The molecule has 10 heteroatoms. The molecule has 2 bridgehead atoms. The highest BCUT2D eigenvalue weighted by molar-refractivity contribution is 5.90. The highest BCUT2D eigenvalue weighted by Crippen LogP contribution is 2.67. The van der Waals surface area contributed by atoms with E-state index in [1.807, 2.05) is 32.0 Å². The van der Waals surface area contributed by atoms with Crippen molar-refractivity contribution in [3.63, 3.8) is 0 Å². The van der Waals surface area contributed by atoms with E-state index >= 15 is 0 Å². The van der Waals surface area contributed by atoms with Gasteiger partial charge in [0.15, 0.2) is 12.0 Å². The fourth-order valence-corrected chi connectivity index (χ4v) is 5.42. The van der Waals surface area contributed by atoms with Crippen LogP contribution in [0.5, 0.6) is 11.6 Å². The minimum absolute atomic E-state index is 0.00623. The Morgan fingerprint density at radius 3 is 2.46 bits per heavy atom. The number of nitrogens with one attached hydrogen (secondary N) is 1. The molecule has 37 heavy (non-hydrogen) atoms. The number of ether oxygens (including phenoxy) is 4. The first-order chi connectivity index (χ1) is 17.8. The Morgan fingerprint density at radius 2 is 1.86 bits per heavy atom. The fraction of sp³-hybridized carbons (Fsp3) is 0.444. The van der Waals surface area contributed by atoms with Gasteiger partial charge in [-0.1, -0.05) is 0 Å². The topological polar surface area (TPSA) is 139 Å². The van der Waals surface area contributed by atoms with E-state index < -0.39 is 12.3 Å². The molecule has 1 N–H and O–H groups in total. The van der Waals surface area contributed by atoms with Crippen LogP contribution < -0.4 is 10.1 Å². The van der Waals surface area contributed by atoms with Crippen LogP contribution >= 0.6 is 0 Å². The number of carbonyl (C=O) groups excluding carboxylic acids is 1. The Labute approximate surface area is 214 Å². The van der Waals surface area contributed by atoms with Crippen molar-refractivity contribution in [3.8, 4) is 23.8 Å². The zero-order valence-electron chi connectivity index (χ0n) is 21.0. The molecule has 3 aliphatic carbocycles. The van der Waals surface area contributed by atoms with Crippen molar-refractivity contribution in [2.24, 2.45) is 5.41 Å². The van der Waals surface area contributed by atoms with Crippen LogP contribution in [0.2, 0.25) is 0 Å². The molecule has 0 spiro atoms. The molecule has 1 saturated heterocycles. The first kappa shape index (κ1) is 24.7. The third-order valence-electron chi connectivity index (χ3n) is 6.91. The number of aryl methyl sites for hydroxylation is 2. The smallest absolute Gasteiger partial charge is 0.357 e. The average Bonchev–Trinajstić information content (AvgIpc) is 3.35. The van der Waals surface area contributed by atoms with Crippen molar-refractivity contribution in [2.75, 3.05) is 25.1 Å². The van der Waals surface area contributed by atoms with Crippen molar-refractivity contribution >= 4 is 18.0 Å². The van der Waals surface area contributed by atoms with E-state index in [1.54, 1.807) is 13.0 Å². The van der Waals surface area contributed by atoms with Crippen molar-refractivity contribution < 1.29 is 23.7 Å². The summed E-state index contributed by atoms with van der Waals surface area (Å²) in [6.07, 6.45) is 4.36. The van der Waals surface area contributed by atoms with Crippen LogP contribution in [0.15, 0.2) is 18.2 Å². The van der Waals surface area contributed by atoms with Crippen LogP contribution in [0, 0.1) is 41.9 Å². The highest BCUT2D eigenvalue weighted by atomic mass is 16.7. The Kier molecular flexibility index (Phi) is 6.32. The zero-order chi connectivity index (χ0) is 26.2. The summed E-state index contributed by atoms with van der Waals surface area (Å²) in [6.45, 7) is 6.37. The molecule has 2 aromatic rings. The Bertz CT molecular complexity index is 1320. The maximum absolute atomic E-state index is 13.0. The second kappa shape index (κ2) is 9.47. The van der Waals surface area contributed by atoms with Gasteiger partial charge in [-0.15, -0.1) is 0 Å². The summed E-state index contributed by atoms with van der Waals surface area (Å²) in [4.78, 5) is 22.2. The number of anilines is 1.